The zero-order chi connectivity index (χ0) is 20.4. The van der Waals surface area contributed by atoms with Crippen LogP contribution in [0.5, 0.6) is 0 Å². The van der Waals surface area contributed by atoms with Crippen molar-refractivity contribution in [3.8, 4) is 11.1 Å². The molecule has 0 radical (unpaired) electrons. The summed E-state index contributed by atoms with van der Waals surface area (Å²) in [6.07, 6.45) is 9.92. The molecule has 3 aromatic carbocycles. The van der Waals surface area contributed by atoms with Crippen LogP contribution in [0.25, 0.3) is 32.9 Å². The predicted octanol–water partition coefficient (Wildman–Crippen LogP) is 6.29. The van der Waals surface area contributed by atoms with Crippen molar-refractivity contribution in [3.63, 3.8) is 0 Å². The van der Waals surface area contributed by atoms with E-state index in [1.54, 1.807) is 12.4 Å². The lowest BCUT2D eigenvalue weighted by atomic mass is 9.92. The van der Waals surface area contributed by atoms with E-state index >= 15 is 0 Å². The van der Waals surface area contributed by atoms with Gasteiger partial charge in [-0.05, 0) is 72.0 Å². The number of aromatic nitrogens is 2. The number of nitrogens with zero attached hydrogens (tertiary/aromatic N) is 2. The molecule has 4 aromatic rings. The van der Waals surface area contributed by atoms with Gasteiger partial charge in [-0.25, -0.2) is 0 Å². The quantitative estimate of drug-likeness (QED) is 0.327. The first-order valence-corrected chi connectivity index (χ1v) is 10.3. The molecule has 1 atom stereocenters. The highest BCUT2D eigenvalue weighted by molar-refractivity contribution is 6.08. The van der Waals surface area contributed by atoms with Crippen LogP contribution < -0.4 is 5.73 Å². The third-order valence-corrected chi connectivity index (χ3v) is 5.59. The normalized spacial score (nSPS) is 12.8. The molecule has 2 N–H and O–H groups in total. The van der Waals surface area contributed by atoms with Crippen LogP contribution in [0.4, 0.5) is 0 Å². The Balaban J connectivity index is 1.94. The summed E-state index contributed by atoms with van der Waals surface area (Å²) in [5.41, 5.74) is 14.1. The van der Waals surface area contributed by atoms with Gasteiger partial charge in [-0.3, -0.25) is 9.97 Å². The fraction of sp³-hybridized carbons (Fsp3) is 0.231. The van der Waals surface area contributed by atoms with E-state index in [1.807, 2.05) is 6.92 Å². The van der Waals surface area contributed by atoms with Gasteiger partial charge >= 0.3 is 0 Å². The average molecular weight is 382 g/mol. The minimum atomic E-state index is 0.0216. The highest BCUT2D eigenvalue weighted by atomic mass is 14.8. The molecule has 0 amide bonds. The second-order valence-corrected chi connectivity index (χ2v) is 7.62. The molecule has 3 nitrogen and oxygen atoms in total. The topological polar surface area (TPSA) is 51.8 Å². The molecule has 0 aliphatic rings. The molecular formula is C26H27N3. The van der Waals surface area contributed by atoms with Crippen molar-refractivity contribution in [2.24, 2.45) is 5.73 Å². The summed E-state index contributed by atoms with van der Waals surface area (Å²) >= 11 is 0. The molecule has 0 saturated carbocycles. The molecule has 0 bridgehead atoms. The van der Waals surface area contributed by atoms with Crippen LogP contribution in [0.2, 0.25) is 0 Å². The third-order valence-electron chi connectivity index (χ3n) is 5.59. The fourth-order valence-electron chi connectivity index (χ4n) is 3.96. The second kappa shape index (κ2) is 8.14. The van der Waals surface area contributed by atoms with Crippen LogP contribution in [0.15, 0.2) is 67.0 Å². The van der Waals surface area contributed by atoms with Gasteiger partial charge in [-0.15, -0.1) is 0 Å². The monoisotopic (exact) mass is 381 g/mol. The van der Waals surface area contributed by atoms with E-state index in [0.29, 0.717) is 0 Å². The molecule has 0 fully saturated rings. The van der Waals surface area contributed by atoms with Gasteiger partial charge in [0.25, 0.3) is 0 Å². The molecule has 1 heterocycles. The Kier molecular flexibility index (Phi) is 5.41. The van der Waals surface area contributed by atoms with Gasteiger partial charge in [0, 0.05) is 23.8 Å². The van der Waals surface area contributed by atoms with Crippen LogP contribution in [-0.4, -0.2) is 9.97 Å². The smallest absolute Gasteiger partial charge is 0.0968 e. The number of fused-ring (bicyclic) bond motifs is 3. The summed E-state index contributed by atoms with van der Waals surface area (Å²) in [5.74, 6) is 0. The zero-order valence-corrected chi connectivity index (χ0v) is 17.3. The lowest BCUT2D eigenvalue weighted by Crippen LogP contribution is -2.04. The second-order valence-electron chi connectivity index (χ2n) is 7.62. The number of hydrogen-bond donors (Lipinski definition) is 1. The van der Waals surface area contributed by atoms with Gasteiger partial charge in [0.1, 0.15) is 0 Å². The van der Waals surface area contributed by atoms with Crippen molar-refractivity contribution >= 4 is 21.8 Å². The molecule has 146 valence electrons. The summed E-state index contributed by atoms with van der Waals surface area (Å²) in [7, 11) is 0. The van der Waals surface area contributed by atoms with Gasteiger partial charge in [0.2, 0.25) is 0 Å². The van der Waals surface area contributed by atoms with Gasteiger partial charge in [-0.1, -0.05) is 49.4 Å². The number of benzene rings is 3. The average Bonchev–Trinajstić information content (AvgIpc) is 2.76. The molecule has 1 aromatic heterocycles. The first-order valence-electron chi connectivity index (χ1n) is 10.3. The van der Waals surface area contributed by atoms with Crippen LogP contribution >= 0.6 is 0 Å². The van der Waals surface area contributed by atoms with E-state index in [4.69, 9.17) is 5.73 Å². The van der Waals surface area contributed by atoms with E-state index in [9.17, 15) is 0 Å². The number of nitrogens with two attached hydrogens (primary N) is 1. The Bertz CT molecular complexity index is 1210. The highest BCUT2D eigenvalue weighted by Crippen LogP contribution is 2.34. The first-order chi connectivity index (χ1) is 14.1. The van der Waals surface area contributed by atoms with Crippen LogP contribution in [0, 0.1) is 6.92 Å². The summed E-state index contributed by atoms with van der Waals surface area (Å²) in [4.78, 5) is 9.35. The van der Waals surface area contributed by atoms with E-state index in [1.165, 1.54) is 27.6 Å². The third kappa shape index (κ3) is 3.66. The predicted molar refractivity (Wildman–Crippen MR) is 123 cm³/mol. The standard InChI is InChI=1S/C26H27N3/c1-4-5-6-10-22-17(2)24-16-21(20-9-7-8-19(15-20)18(3)27)11-12-23(24)26-25(22)28-13-14-29-26/h5-9,11-16,18H,4,10,27H2,1-3H3/b6-5-. The number of allylic oxidation sites excluding steroid dienone is 2. The maximum Gasteiger partial charge on any atom is 0.0968 e. The summed E-state index contributed by atoms with van der Waals surface area (Å²) in [5, 5.41) is 2.39. The highest BCUT2D eigenvalue weighted by Gasteiger charge is 2.14. The van der Waals surface area contributed by atoms with E-state index in [2.05, 4.69) is 78.4 Å². The minimum absolute atomic E-state index is 0.0216. The van der Waals surface area contributed by atoms with Crippen molar-refractivity contribution in [3.05, 3.63) is 83.7 Å². The van der Waals surface area contributed by atoms with Gasteiger partial charge in [0.05, 0.1) is 11.0 Å². The van der Waals surface area contributed by atoms with Crippen LogP contribution in [0.1, 0.15) is 43.0 Å². The van der Waals surface area contributed by atoms with Gasteiger partial charge in [-0.2, -0.15) is 0 Å². The lowest BCUT2D eigenvalue weighted by molar-refractivity contribution is 0.819. The largest absolute Gasteiger partial charge is 0.324 e. The minimum Gasteiger partial charge on any atom is -0.324 e. The molecular weight excluding hydrogens is 354 g/mol. The molecule has 29 heavy (non-hydrogen) atoms. The summed E-state index contributed by atoms with van der Waals surface area (Å²) in [6, 6.07) is 15.2. The molecule has 0 saturated heterocycles. The van der Waals surface area contributed by atoms with Gasteiger partial charge < -0.3 is 5.73 Å². The van der Waals surface area contributed by atoms with Crippen LogP contribution in [0.3, 0.4) is 0 Å². The number of hydrogen-bond acceptors (Lipinski definition) is 3. The van der Waals surface area contributed by atoms with Crippen molar-refractivity contribution in [2.75, 3.05) is 0 Å². The number of aryl methyl sites for hydroxylation is 1. The lowest BCUT2D eigenvalue weighted by Gasteiger charge is -2.14. The van der Waals surface area contributed by atoms with Crippen molar-refractivity contribution < 1.29 is 0 Å². The molecule has 0 aliphatic carbocycles. The Hall–Kier alpha value is -3.04. The zero-order valence-electron chi connectivity index (χ0n) is 17.3. The van der Waals surface area contributed by atoms with E-state index in [-0.39, 0.29) is 6.04 Å². The van der Waals surface area contributed by atoms with Gasteiger partial charge in [0.15, 0.2) is 0 Å². The molecule has 0 aliphatic heterocycles. The molecule has 3 heteroatoms. The fourth-order valence-corrected chi connectivity index (χ4v) is 3.96. The van der Waals surface area contributed by atoms with Crippen LogP contribution in [-0.2, 0) is 6.42 Å². The summed E-state index contributed by atoms with van der Waals surface area (Å²) < 4.78 is 0. The van der Waals surface area contributed by atoms with Crippen molar-refractivity contribution in [1.29, 1.82) is 0 Å². The maximum atomic E-state index is 6.09. The Morgan fingerprint density at radius 1 is 0.931 bits per heavy atom. The molecule has 1 unspecified atom stereocenters. The SMILES string of the molecule is CC/C=C\Cc1c(C)c2cc(-c3cccc(C(C)N)c3)ccc2c2nccnc12. The first kappa shape index (κ1) is 19.3. The molecule has 4 rings (SSSR count). The maximum absolute atomic E-state index is 6.09. The molecule has 0 spiro atoms. The van der Waals surface area contributed by atoms with E-state index < -0.39 is 0 Å². The number of rotatable bonds is 5. The Morgan fingerprint density at radius 2 is 1.69 bits per heavy atom. The van der Waals surface area contributed by atoms with Crippen molar-refractivity contribution in [2.45, 2.75) is 39.7 Å². The van der Waals surface area contributed by atoms with E-state index in [0.717, 1.165) is 34.8 Å². The Labute approximate surface area is 172 Å². The Morgan fingerprint density at radius 3 is 2.45 bits per heavy atom. The summed E-state index contributed by atoms with van der Waals surface area (Å²) in [6.45, 7) is 6.38. The van der Waals surface area contributed by atoms with Crippen molar-refractivity contribution in [1.82, 2.24) is 9.97 Å².